The van der Waals surface area contributed by atoms with Gasteiger partial charge in [-0.25, -0.2) is 8.84 Å². The molecule has 1 fully saturated rings. The molecule has 1 aliphatic rings. The summed E-state index contributed by atoms with van der Waals surface area (Å²) in [5.41, 5.74) is 2.37. The molecule has 5 rings (SSSR count). The largest absolute Gasteiger partial charge is 0.486 e. The topological polar surface area (TPSA) is 95.5 Å². The molecule has 4 aromatic rings. The molecule has 2 unspecified atom stereocenters. The van der Waals surface area contributed by atoms with E-state index in [1.54, 1.807) is 6.08 Å². The van der Waals surface area contributed by atoms with Gasteiger partial charge in [0.1, 0.15) is 17.7 Å². The van der Waals surface area contributed by atoms with Crippen molar-refractivity contribution in [2.24, 2.45) is 0 Å². The summed E-state index contributed by atoms with van der Waals surface area (Å²) in [5, 5.41) is 18.1. The number of nitro benzene ring substituents is 1. The minimum Gasteiger partial charge on any atom is -0.486 e. The number of ether oxygens (including phenoxy) is 2. The SMILES string of the molecule is CC(Oc1ccc2c(c1)c(/C=C/c1cc([N+](=O)[O-])c(CN3CCOCC3)cc1F)nn2PI)c1c(Cl)cncc1Cl. The van der Waals surface area contributed by atoms with Crippen molar-refractivity contribution in [3.8, 4) is 5.75 Å². The summed E-state index contributed by atoms with van der Waals surface area (Å²) >= 11 is 14.8. The van der Waals surface area contributed by atoms with Crippen LogP contribution in [0.15, 0.2) is 42.7 Å². The minimum atomic E-state index is -0.543. The zero-order valence-corrected chi connectivity index (χ0v) is 26.4. The monoisotopic (exact) mass is 729 g/mol. The van der Waals surface area contributed by atoms with Gasteiger partial charge in [-0.15, -0.1) is 0 Å². The maximum atomic E-state index is 15.2. The van der Waals surface area contributed by atoms with Crippen molar-refractivity contribution in [1.29, 1.82) is 0 Å². The second kappa shape index (κ2) is 13.3. The highest BCUT2D eigenvalue weighted by atomic mass is 127. The molecule has 14 heteroatoms. The zero-order chi connectivity index (χ0) is 29.1. The molecule has 0 saturated carbocycles. The second-order valence-corrected chi connectivity index (χ2v) is 12.2. The highest BCUT2D eigenvalue weighted by Gasteiger charge is 2.22. The predicted octanol–water partition coefficient (Wildman–Crippen LogP) is 7.72. The number of fused-ring (bicyclic) bond motifs is 1. The number of nitro groups is 1. The van der Waals surface area contributed by atoms with Crippen LogP contribution >= 0.6 is 51.6 Å². The summed E-state index contributed by atoms with van der Waals surface area (Å²) in [6.07, 6.45) is 6.05. The van der Waals surface area contributed by atoms with Crippen LogP contribution in [0.1, 0.15) is 35.4 Å². The van der Waals surface area contributed by atoms with E-state index in [1.165, 1.54) is 30.6 Å². The number of halogens is 4. The molecule has 0 bridgehead atoms. The van der Waals surface area contributed by atoms with Crippen LogP contribution in [-0.2, 0) is 11.3 Å². The van der Waals surface area contributed by atoms with Crippen LogP contribution in [0, 0.1) is 15.9 Å². The lowest BCUT2D eigenvalue weighted by Crippen LogP contribution is -2.35. The van der Waals surface area contributed by atoms with Crippen LogP contribution in [0.5, 0.6) is 5.75 Å². The van der Waals surface area contributed by atoms with Crippen LogP contribution in [0.2, 0.25) is 10.0 Å². The molecule has 0 aliphatic carbocycles. The Kier molecular flexibility index (Phi) is 9.73. The lowest BCUT2D eigenvalue weighted by molar-refractivity contribution is -0.385. The van der Waals surface area contributed by atoms with Gasteiger partial charge >= 0.3 is 0 Å². The molecule has 3 heterocycles. The Morgan fingerprint density at radius 3 is 2.63 bits per heavy atom. The first-order valence-corrected chi connectivity index (χ1v) is 17.4. The zero-order valence-electron chi connectivity index (χ0n) is 21.7. The van der Waals surface area contributed by atoms with E-state index in [0.29, 0.717) is 65.3 Å². The Labute approximate surface area is 260 Å². The van der Waals surface area contributed by atoms with Gasteiger partial charge < -0.3 is 9.47 Å². The Hall–Kier alpha value is -2.41. The van der Waals surface area contributed by atoms with Crippen molar-refractivity contribution in [1.82, 2.24) is 19.4 Å². The molecule has 214 valence electrons. The smallest absolute Gasteiger partial charge is 0.274 e. The average molecular weight is 730 g/mol. The number of aromatic nitrogens is 3. The van der Waals surface area contributed by atoms with Gasteiger partial charge in [0.05, 0.1) is 45.8 Å². The third-order valence-electron chi connectivity index (χ3n) is 6.68. The van der Waals surface area contributed by atoms with E-state index in [4.69, 9.17) is 32.7 Å². The van der Waals surface area contributed by atoms with Crippen LogP contribution in [0.3, 0.4) is 0 Å². The number of nitrogens with zero attached hydrogens (tertiary/aromatic N) is 5. The maximum absolute atomic E-state index is 15.2. The highest BCUT2D eigenvalue weighted by Crippen LogP contribution is 2.36. The van der Waals surface area contributed by atoms with Crippen LogP contribution in [0.25, 0.3) is 23.1 Å². The average Bonchev–Trinajstić information content (AvgIpc) is 3.30. The van der Waals surface area contributed by atoms with Gasteiger partial charge in [-0.1, -0.05) is 23.2 Å². The fraction of sp³-hybridized carbons (Fsp3) is 0.259. The third-order valence-corrected chi connectivity index (χ3v) is 9.16. The summed E-state index contributed by atoms with van der Waals surface area (Å²) in [7, 11) is 0. The Morgan fingerprint density at radius 1 is 1.22 bits per heavy atom. The Morgan fingerprint density at radius 2 is 1.95 bits per heavy atom. The lowest BCUT2D eigenvalue weighted by atomic mass is 10.1. The summed E-state index contributed by atoms with van der Waals surface area (Å²) in [4.78, 5) is 17.4. The van der Waals surface area contributed by atoms with E-state index in [1.807, 2.05) is 34.5 Å². The van der Waals surface area contributed by atoms with Gasteiger partial charge in [0, 0.05) is 60.2 Å². The molecule has 0 N–H and O–H groups in total. The molecule has 2 aromatic heterocycles. The summed E-state index contributed by atoms with van der Waals surface area (Å²) in [6.45, 7) is 4.50. The quantitative estimate of drug-likeness (QED) is 0.0754. The van der Waals surface area contributed by atoms with Crippen molar-refractivity contribution in [2.45, 2.75) is 19.6 Å². The van der Waals surface area contributed by atoms with Gasteiger partial charge in [-0.3, -0.25) is 20.0 Å². The van der Waals surface area contributed by atoms with Gasteiger partial charge in [0.25, 0.3) is 5.69 Å². The van der Waals surface area contributed by atoms with Crippen molar-refractivity contribution in [2.75, 3.05) is 26.3 Å². The standard InChI is InChI=1S/C27H24Cl2FIN5O4P/c1-16(27-21(28)13-32-14-22(27)29)40-19-3-5-25-20(12-19)24(33-35(25)41-31)4-2-17-11-26(36(37)38)18(10-23(17)30)15-34-6-8-39-9-7-34/h2-5,10-14,16,41H,6-9,15H2,1H3/b4-2+. The molecular formula is C27H24Cl2FIN5O4P. The van der Waals surface area contributed by atoms with Gasteiger partial charge in [-0.05, 0) is 65.4 Å². The van der Waals surface area contributed by atoms with Crippen LogP contribution in [-0.4, -0.2) is 50.7 Å². The molecule has 0 radical (unpaired) electrons. The molecule has 1 aliphatic heterocycles. The number of hydrogen-bond acceptors (Lipinski definition) is 7. The van der Waals surface area contributed by atoms with E-state index < -0.39 is 16.8 Å². The number of benzene rings is 2. The molecule has 2 atom stereocenters. The van der Waals surface area contributed by atoms with Gasteiger partial charge in [-0.2, -0.15) is 5.10 Å². The molecule has 0 spiro atoms. The lowest BCUT2D eigenvalue weighted by Gasteiger charge is -2.26. The molecule has 2 aromatic carbocycles. The van der Waals surface area contributed by atoms with Crippen molar-refractivity contribution >= 4 is 80.4 Å². The van der Waals surface area contributed by atoms with E-state index in [-0.39, 0.29) is 17.8 Å². The van der Waals surface area contributed by atoms with Crippen LogP contribution in [0.4, 0.5) is 10.1 Å². The summed E-state index contributed by atoms with van der Waals surface area (Å²) in [5.74, 6) is 0.0211. The first-order valence-electron chi connectivity index (χ1n) is 12.5. The molecule has 1 saturated heterocycles. The fourth-order valence-corrected chi connectivity index (χ4v) is 6.87. The number of morpholine rings is 1. The minimum absolute atomic E-state index is 0.102. The van der Waals surface area contributed by atoms with E-state index in [9.17, 15) is 10.1 Å². The number of hydrogen-bond donors (Lipinski definition) is 0. The summed E-state index contributed by atoms with van der Waals surface area (Å²) < 4.78 is 28.5. The summed E-state index contributed by atoms with van der Waals surface area (Å²) in [6, 6.07) is 8.10. The predicted molar refractivity (Wildman–Crippen MR) is 169 cm³/mol. The van der Waals surface area contributed by atoms with Crippen molar-refractivity contribution in [3.05, 3.63) is 91.1 Å². The van der Waals surface area contributed by atoms with E-state index >= 15 is 4.39 Å². The maximum Gasteiger partial charge on any atom is 0.274 e. The highest BCUT2D eigenvalue weighted by molar-refractivity contribution is 14.2. The number of rotatable bonds is 9. The van der Waals surface area contributed by atoms with Crippen molar-refractivity contribution in [3.63, 3.8) is 0 Å². The van der Waals surface area contributed by atoms with E-state index in [0.717, 1.165) is 10.9 Å². The second-order valence-electron chi connectivity index (χ2n) is 9.32. The third kappa shape index (κ3) is 6.81. The van der Waals surface area contributed by atoms with Gasteiger partial charge in [0.2, 0.25) is 0 Å². The van der Waals surface area contributed by atoms with Crippen molar-refractivity contribution < 1.29 is 18.8 Å². The fourth-order valence-electron chi connectivity index (χ4n) is 4.67. The number of pyridine rings is 1. The Bertz CT molecular complexity index is 1610. The van der Waals surface area contributed by atoms with Gasteiger partial charge in [0.15, 0.2) is 0 Å². The molecule has 9 nitrogen and oxygen atoms in total. The van der Waals surface area contributed by atoms with Crippen LogP contribution < -0.4 is 4.74 Å². The molecule has 0 amide bonds. The Balaban J connectivity index is 1.45. The molecular weight excluding hydrogens is 706 g/mol. The molecule has 41 heavy (non-hydrogen) atoms. The normalized spacial score (nSPS) is 15.3. The first kappa shape index (κ1) is 30.1. The van der Waals surface area contributed by atoms with E-state index in [2.05, 4.69) is 32.1 Å². The first-order chi connectivity index (χ1) is 19.7.